The number of hydrogen-bond acceptors (Lipinski definition) is 10. The van der Waals surface area contributed by atoms with Gasteiger partial charge in [-0.2, -0.15) is 5.26 Å². The van der Waals surface area contributed by atoms with E-state index < -0.39 is 18.0 Å². The number of thiazole rings is 1. The maximum atomic E-state index is 14.5. The third-order valence-electron chi connectivity index (χ3n) is 8.69. The number of nitriles is 1. The number of carbonyl (C=O) groups is 2. The summed E-state index contributed by atoms with van der Waals surface area (Å²) >= 11 is 1.24. The Morgan fingerprint density at radius 3 is 2.51 bits per heavy atom. The molecule has 0 N–H and O–H groups in total. The van der Waals surface area contributed by atoms with Gasteiger partial charge in [0.2, 0.25) is 0 Å². The Morgan fingerprint density at radius 1 is 1.00 bits per heavy atom. The van der Waals surface area contributed by atoms with Gasteiger partial charge in [-0.15, -0.1) is 0 Å². The molecule has 5 aromatic rings. The number of hydrogen-bond donors (Lipinski definition) is 0. The molecule has 11 nitrogen and oxygen atoms in total. The Labute approximate surface area is 297 Å². The normalized spacial score (nSPS) is 14.1. The van der Waals surface area contributed by atoms with Gasteiger partial charge in [0.15, 0.2) is 22.9 Å². The minimum atomic E-state index is -0.888. The van der Waals surface area contributed by atoms with E-state index in [1.807, 2.05) is 62.4 Å². The molecule has 0 unspecified atom stereocenters. The lowest BCUT2D eigenvalue weighted by Gasteiger charge is -2.25. The fraction of sp³-hybridized carbons (Fsp3) is 0.256. The summed E-state index contributed by atoms with van der Waals surface area (Å²) in [4.78, 5) is 44.9. The number of methoxy groups -OCH3 is 1. The number of nitrogens with zero attached hydrogens (tertiary/aromatic N) is 4. The van der Waals surface area contributed by atoms with Crippen LogP contribution in [0.4, 0.5) is 0 Å². The lowest BCUT2D eigenvalue weighted by atomic mass is 9.95. The van der Waals surface area contributed by atoms with E-state index in [0.717, 1.165) is 27.7 Å². The van der Waals surface area contributed by atoms with Gasteiger partial charge in [-0.25, -0.2) is 14.6 Å². The van der Waals surface area contributed by atoms with Crippen molar-refractivity contribution in [2.75, 3.05) is 26.9 Å². The zero-order valence-corrected chi connectivity index (χ0v) is 29.7. The monoisotopic (exact) mass is 704 g/mol. The SMILES string of the molecule is CCOC(=O)C1=C(C)N=c2s/c(=C/c3c(C)n(Cc4ccccc4C#N)c4ccccc34)c(=O)n2[C@H]1c1ccc(OCC(=O)OC)c(OCC)c1. The summed E-state index contributed by atoms with van der Waals surface area (Å²) in [5, 5.41) is 10.7. The highest BCUT2D eigenvalue weighted by molar-refractivity contribution is 7.07. The van der Waals surface area contributed by atoms with Gasteiger partial charge < -0.3 is 23.5 Å². The van der Waals surface area contributed by atoms with Crippen LogP contribution in [-0.4, -0.2) is 48.0 Å². The second-order valence-electron chi connectivity index (χ2n) is 11.7. The van der Waals surface area contributed by atoms with Crippen molar-refractivity contribution in [1.82, 2.24) is 9.13 Å². The molecule has 1 aliphatic heterocycles. The van der Waals surface area contributed by atoms with Crippen molar-refractivity contribution in [3.05, 3.63) is 126 Å². The minimum Gasteiger partial charge on any atom is -0.490 e. The molecule has 0 spiro atoms. The molecule has 0 saturated carbocycles. The van der Waals surface area contributed by atoms with Crippen molar-refractivity contribution >= 4 is 40.3 Å². The summed E-state index contributed by atoms with van der Waals surface area (Å²) in [6.07, 6.45) is 1.88. The van der Waals surface area contributed by atoms with Gasteiger partial charge in [-0.3, -0.25) is 9.36 Å². The second kappa shape index (κ2) is 14.9. The van der Waals surface area contributed by atoms with Crippen LogP contribution >= 0.6 is 11.3 Å². The molecule has 0 bridgehead atoms. The molecule has 1 atom stereocenters. The van der Waals surface area contributed by atoms with Crippen molar-refractivity contribution < 1.29 is 28.5 Å². The molecule has 0 amide bonds. The summed E-state index contributed by atoms with van der Waals surface area (Å²) in [5.41, 5.74) is 5.17. The van der Waals surface area contributed by atoms with Crippen molar-refractivity contribution in [3.8, 4) is 17.6 Å². The highest BCUT2D eigenvalue weighted by Gasteiger charge is 2.34. The molecule has 0 fully saturated rings. The van der Waals surface area contributed by atoms with Gasteiger partial charge >= 0.3 is 11.9 Å². The maximum absolute atomic E-state index is 14.5. The third kappa shape index (κ3) is 6.68. The molecule has 260 valence electrons. The fourth-order valence-corrected chi connectivity index (χ4v) is 7.33. The van der Waals surface area contributed by atoms with Crippen molar-refractivity contribution in [1.29, 1.82) is 5.26 Å². The summed E-state index contributed by atoms with van der Waals surface area (Å²) in [6, 6.07) is 22.0. The number of para-hydroxylation sites is 1. The van der Waals surface area contributed by atoms with Crippen LogP contribution in [0.1, 0.15) is 54.8 Å². The number of fused-ring (bicyclic) bond motifs is 2. The zero-order chi connectivity index (χ0) is 36.2. The minimum absolute atomic E-state index is 0.138. The second-order valence-corrected chi connectivity index (χ2v) is 12.7. The van der Waals surface area contributed by atoms with Crippen LogP contribution in [0.5, 0.6) is 11.5 Å². The smallest absolute Gasteiger partial charge is 0.343 e. The number of allylic oxidation sites excluding steroid dienone is 1. The van der Waals surface area contributed by atoms with Crippen molar-refractivity contribution in [3.63, 3.8) is 0 Å². The molecule has 0 saturated heterocycles. The standard InChI is InChI=1S/C39H36N4O7S/c1-6-48-32-18-25(16-17-31(32)50-22-34(44)47-5)36-35(38(46)49-7-2)23(3)41-39-43(36)37(45)33(51-39)19-29-24(4)42(30-15-11-10-14-28(29)30)21-27-13-9-8-12-26(27)20-40/h8-19,36H,6-7,21-22H2,1-5H3/b33-19+/t36-/m0/s1. The molecule has 3 heterocycles. The van der Waals surface area contributed by atoms with E-state index in [9.17, 15) is 19.6 Å². The van der Waals surface area contributed by atoms with E-state index in [1.54, 1.807) is 38.1 Å². The third-order valence-corrected chi connectivity index (χ3v) is 9.68. The number of benzene rings is 3. The maximum Gasteiger partial charge on any atom is 0.343 e. The highest BCUT2D eigenvalue weighted by Crippen LogP contribution is 2.36. The Kier molecular flexibility index (Phi) is 10.2. The van der Waals surface area contributed by atoms with Crippen LogP contribution in [0.15, 0.2) is 87.8 Å². The van der Waals surface area contributed by atoms with E-state index in [1.165, 1.54) is 23.0 Å². The number of ether oxygens (including phenoxy) is 4. The van der Waals surface area contributed by atoms with Crippen LogP contribution in [-0.2, 0) is 25.6 Å². The first-order valence-electron chi connectivity index (χ1n) is 16.4. The predicted molar refractivity (Wildman–Crippen MR) is 192 cm³/mol. The van der Waals surface area contributed by atoms with E-state index >= 15 is 0 Å². The van der Waals surface area contributed by atoms with E-state index in [2.05, 4.69) is 10.6 Å². The summed E-state index contributed by atoms with van der Waals surface area (Å²) in [7, 11) is 1.27. The van der Waals surface area contributed by atoms with E-state index in [0.29, 0.717) is 50.8 Å². The molecule has 1 aliphatic rings. The average molecular weight is 705 g/mol. The molecule has 0 radical (unpaired) electrons. The molecular weight excluding hydrogens is 669 g/mol. The Hall–Kier alpha value is -5.93. The topological polar surface area (TPSA) is 134 Å². The molecule has 6 rings (SSSR count). The lowest BCUT2D eigenvalue weighted by molar-refractivity contribution is -0.143. The van der Waals surface area contributed by atoms with Crippen LogP contribution in [0.2, 0.25) is 0 Å². The molecule has 2 aromatic heterocycles. The lowest BCUT2D eigenvalue weighted by Crippen LogP contribution is -2.40. The van der Waals surface area contributed by atoms with Crippen LogP contribution in [0.3, 0.4) is 0 Å². The molecule has 51 heavy (non-hydrogen) atoms. The molecule has 0 aliphatic carbocycles. The highest BCUT2D eigenvalue weighted by atomic mass is 32.1. The molecular formula is C39H36N4O7S. The fourth-order valence-electron chi connectivity index (χ4n) is 6.30. The number of carbonyl (C=O) groups excluding carboxylic acids is 2. The van der Waals surface area contributed by atoms with Gasteiger partial charge in [-0.1, -0.05) is 53.8 Å². The largest absolute Gasteiger partial charge is 0.490 e. The van der Waals surface area contributed by atoms with Gasteiger partial charge in [0.25, 0.3) is 5.56 Å². The number of aromatic nitrogens is 2. The number of esters is 2. The summed E-state index contributed by atoms with van der Waals surface area (Å²) in [5.74, 6) is -0.498. The van der Waals surface area contributed by atoms with Gasteiger partial charge in [0, 0.05) is 28.7 Å². The van der Waals surface area contributed by atoms with Crippen molar-refractivity contribution in [2.45, 2.75) is 40.3 Å². The van der Waals surface area contributed by atoms with Crippen LogP contribution in [0.25, 0.3) is 17.0 Å². The zero-order valence-electron chi connectivity index (χ0n) is 28.9. The first kappa shape index (κ1) is 34.9. The number of rotatable bonds is 11. The Bertz CT molecular complexity index is 2430. The van der Waals surface area contributed by atoms with Gasteiger partial charge in [0.1, 0.15) is 0 Å². The first-order valence-corrected chi connectivity index (χ1v) is 17.2. The molecule has 12 heteroatoms. The summed E-state index contributed by atoms with van der Waals surface area (Å²) in [6.45, 7) is 7.86. The van der Waals surface area contributed by atoms with E-state index in [4.69, 9.17) is 23.9 Å². The van der Waals surface area contributed by atoms with Crippen LogP contribution in [0, 0.1) is 18.3 Å². The Balaban J connectivity index is 1.52. The van der Waals surface area contributed by atoms with Gasteiger partial charge in [0.05, 0.1) is 53.8 Å². The summed E-state index contributed by atoms with van der Waals surface area (Å²) < 4.78 is 25.8. The van der Waals surface area contributed by atoms with Crippen molar-refractivity contribution in [2.24, 2.45) is 4.99 Å². The van der Waals surface area contributed by atoms with E-state index in [-0.39, 0.29) is 24.3 Å². The predicted octanol–water partition coefficient (Wildman–Crippen LogP) is 4.93. The first-order chi connectivity index (χ1) is 24.7. The average Bonchev–Trinajstić information content (AvgIpc) is 3.58. The van der Waals surface area contributed by atoms with Crippen LogP contribution < -0.4 is 24.4 Å². The quantitative estimate of drug-likeness (QED) is 0.177. The Morgan fingerprint density at radius 2 is 1.76 bits per heavy atom. The van der Waals surface area contributed by atoms with Gasteiger partial charge in [-0.05, 0) is 69.2 Å². The molecule has 3 aromatic carbocycles.